The van der Waals surface area contributed by atoms with E-state index in [0.717, 1.165) is 13.0 Å². The van der Waals surface area contributed by atoms with Crippen LogP contribution in [0.2, 0.25) is 0 Å². The largest absolute Gasteiger partial charge is 0.396 e. The van der Waals surface area contributed by atoms with Gasteiger partial charge in [0, 0.05) is 12.6 Å². The predicted molar refractivity (Wildman–Crippen MR) is 64.0 cm³/mol. The molecule has 1 rings (SSSR count). The van der Waals surface area contributed by atoms with Crippen LogP contribution >= 0.6 is 0 Å². The van der Waals surface area contributed by atoms with Gasteiger partial charge in [-0.1, -0.05) is 25.1 Å². The fourth-order valence-corrected chi connectivity index (χ4v) is 1.89. The van der Waals surface area contributed by atoms with Crippen LogP contribution < -0.4 is 5.32 Å². The monoisotopic (exact) mass is 207 g/mol. The van der Waals surface area contributed by atoms with Crippen LogP contribution in [0.25, 0.3) is 0 Å². The summed E-state index contributed by atoms with van der Waals surface area (Å²) in [4.78, 5) is 0. The van der Waals surface area contributed by atoms with E-state index in [0.29, 0.717) is 0 Å². The number of hydrogen-bond acceptors (Lipinski definition) is 2. The van der Waals surface area contributed by atoms with Crippen LogP contribution in [0.3, 0.4) is 0 Å². The van der Waals surface area contributed by atoms with Crippen molar-refractivity contribution in [2.24, 2.45) is 0 Å². The first-order chi connectivity index (χ1) is 7.20. The second-order valence-electron chi connectivity index (χ2n) is 3.91. The average molecular weight is 207 g/mol. The third kappa shape index (κ3) is 3.05. The lowest BCUT2D eigenvalue weighted by atomic mass is 9.96. The van der Waals surface area contributed by atoms with Gasteiger partial charge >= 0.3 is 0 Å². The van der Waals surface area contributed by atoms with Gasteiger partial charge in [-0.25, -0.2) is 0 Å². The van der Waals surface area contributed by atoms with Crippen LogP contribution in [-0.4, -0.2) is 18.3 Å². The lowest BCUT2D eigenvalue weighted by Gasteiger charge is -2.20. The number of aliphatic hydroxyl groups is 1. The summed E-state index contributed by atoms with van der Waals surface area (Å²) in [5.74, 6) is 0. The van der Waals surface area contributed by atoms with Gasteiger partial charge in [-0.05, 0) is 43.5 Å². The van der Waals surface area contributed by atoms with Gasteiger partial charge in [-0.3, -0.25) is 0 Å². The fourth-order valence-electron chi connectivity index (χ4n) is 1.89. The molecule has 0 spiro atoms. The summed E-state index contributed by atoms with van der Waals surface area (Å²) in [5, 5.41) is 12.5. The Labute approximate surface area is 92.3 Å². The van der Waals surface area contributed by atoms with E-state index in [4.69, 9.17) is 5.11 Å². The number of aryl methyl sites for hydroxylation is 1. The molecule has 1 aromatic rings. The minimum atomic E-state index is 0.227. The second kappa shape index (κ2) is 5.89. The molecule has 0 aliphatic carbocycles. The maximum Gasteiger partial charge on any atom is 0.0449 e. The molecule has 0 saturated carbocycles. The fraction of sp³-hybridized carbons (Fsp3) is 0.538. The summed E-state index contributed by atoms with van der Waals surface area (Å²) in [6, 6.07) is 6.63. The highest BCUT2D eigenvalue weighted by Gasteiger charge is 2.12. The number of aliphatic hydroxyl groups excluding tert-OH is 1. The van der Waals surface area contributed by atoms with Crippen LogP contribution in [0, 0.1) is 13.8 Å². The van der Waals surface area contributed by atoms with E-state index in [1.807, 2.05) is 0 Å². The van der Waals surface area contributed by atoms with Crippen molar-refractivity contribution < 1.29 is 5.11 Å². The molecule has 0 fully saturated rings. The van der Waals surface area contributed by atoms with Crippen molar-refractivity contribution in [3.8, 4) is 0 Å². The minimum Gasteiger partial charge on any atom is -0.396 e. The van der Waals surface area contributed by atoms with Crippen molar-refractivity contribution in [2.45, 2.75) is 33.2 Å². The van der Waals surface area contributed by atoms with Crippen LogP contribution in [0.15, 0.2) is 18.2 Å². The molecule has 0 amide bonds. The quantitative estimate of drug-likeness (QED) is 0.776. The van der Waals surface area contributed by atoms with Crippen molar-refractivity contribution in [2.75, 3.05) is 13.2 Å². The predicted octanol–water partition coefficient (Wildman–Crippen LogP) is 2.34. The summed E-state index contributed by atoms with van der Waals surface area (Å²) < 4.78 is 0. The zero-order valence-corrected chi connectivity index (χ0v) is 9.88. The molecule has 1 unspecified atom stereocenters. The first-order valence-electron chi connectivity index (χ1n) is 5.61. The zero-order valence-electron chi connectivity index (χ0n) is 9.88. The number of rotatable bonds is 5. The Morgan fingerprint density at radius 1 is 1.33 bits per heavy atom. The Bertz CT molecular complexity index is 303. The van der Waals surface area contributed by atoms with Crippen LogP contribution in [-0.2, 0) is 0 Å². The highest BCUT2D eigenvalue weighted by atomic mass is 16.3. The zero-order chi connectivity index (χ0) is 11.3. The van der Waals surface area contributed by atoms with Crippen molar-refractivity contribution in [3.63, 3.8) is 0 Å². The first-order valence-corrected chi connectivity index (χ1v) is 5.61. The maximum atomic E-state index is 9.04. The molecule has 0 bridgehead atoms. The van der Waals surface area contributed by atoms with Crippen molar-refractivity contribution >= 4 is 0 Å². The molecule has 2 heteroatoms. The Morgan fingerprint density at radius 2 is 2.07 bits per heavy atom. The molecule has 0 aromatic heterocycles. The summed E-state index contributed by atoms with van der Waals surface area (Å²) in [6.07, 6.45) is 0.776. The number of nitrogens with one attached hydrogen (secondary N) is 1. The number of benzene rings is 1. The summed E-state index contributed by atoms with van der Waals surface area (Å²) >= 11 is 0. The molecule has 0 radical (unpaired) electrons. The smallest absolute Gasteiger partial charge is 0.0449 e. The summed E-state index contributed by atoms with van der Waals surface area (Å²) in [5.41, 5.74) is 3.95. The summed E-state index contributed by atoms with van der Waals surface area (Å²) in [6.45, 7) is 7.52. The van der Waals surface area contributed by atoms with Gasteiger partial charge in [0.25, 0.3) is 0 Å². The molecule has 0 aliphatic heterocycles. The second-order valence-corrected chi connectivity index (χ2v) is 3.91. The van der Waals surface area contributed by atoms with Crippen molar-refractivity contribution in [3.05, 3.63) is 34.9 Å². The van der Waals surface area contributed by atoms with Crippen LogP contribution in [0.5, 0.6) is 0 Å². The molecular weight excluding hydrogens is 186 g/mol. The Kier molecular flexibility index (Phi) is 4.79. The Morgan fingerprint density at radius 3 is 2.67 bits per heavy atom. The Balaban J connectivity index is 2.94. The first kappa shape index (κ1) is 12.2. The van der Waals surface area contributed by atoms with Gasteiger partial charge in [0.2, 0.25) is 0 Å². The summed E-state index contributed by atoms with van der Waals surface area (Å²) in [7, 11) is 0. The maximum absolute atomic E-state index is 9.04. The molecule has 0 saturated heterocycles. The molecule has 2 nitrogen and oxygen atoms in total. The highest BCUT2D eigenvalue weighted by molar-refractivity contribution is 5.35. The molecule has 1 atom stereocenters. The highest BCUT2D eigenvalue weighted by Crippen LogP contribution is 2.22. The molecule has 0 heterocycles. The van der Waals surface area contributed by atoms with E-state index in [-0.39, 0.29) is 12.6 Å². The van der Waals surface area contributed by atoms with Crippen molar-refractivity contribution in [1.29, 1.82) is 0 Å². The van der Waals surface area contributed by atoms with Gasteiger partial charge in [0.1, 0.15) is 0 Å². The van der Waals surface area contributed by atoms with Gasteiger partial charge in [-0.2, -0.15) is 0 Å². The van der Waals surface area contributed by atoms with E-state index < -0.39 is 0 Å². The minimum absolute atomic E-state index is 0.227. The normalized spacial score (nSPS) is 12.8. The van der Waals surface area contributed by atoms with Gasteiger partial charge in [0.15, 0.2) is 0 Å². The SMILES string of the molecule is CCNC(CCO)c1cccc(C)c1C. The lowest BCUT2D eigenvalue weighted by molar-refractivity contribution is 0.266. The van der Waals surface area contributed by atoms with E-state index in [1.165, 1.54) is 16.7 Å². The van der Waals surface area contributed by atoms with Gasteiger partial charge in [0.05, 0.1) is 0 Å². The molecule has 84 valence electrons. The third-order valence-electron chi connectivity index (χ3n) is 2.89. The van der Waals surface area contributed by atoms with Crippen molar-refractivity contribution in [1.82, 2.24) is 5.32 Å². The van der Waals surface area contributed by atoms with Crippen LogP contribution in [0.1, 0.15) is 36.1 Å². The van der Waals surface area contributed by atoms with E-state index >= 15 is 0 Å². The van der Waals surface area contributed by atoms with Gasteiger partial charge in [-0.15, -0.1) is 0 Å². The molecule has 2 N–H and O–H groups in total. The van der Waals surface area contributed by atoms with E-state index in [9.17, 15) is 0 Å². The standard InChI is InChI=1S/C13H21NO/c1-4-14-13(8-9-15)12-7-5-6-10(2)11(12)3/h5-7,13-15H,4,8-9H2,1-3H3. The third-order valence-corrected chi connectivity index (χ3v) is 2.89. The molecule has 1 aromatic carbocycles. The molecule has 15 heavy (non-hydrogen) atoms. The molecule has 0 aliphatic rings. The Hall–Kier alpha value is -0.860. The lowest BCUT2D eigenvalue weighted by Crippen LogP contribution is -2.22. The van der Waals surface area contributed by atoms with Gasteiger partial charge < -0.3 is 10.4 Å². The van der Waals surface area contributed by atoms with Crippen LogP contribution in [0.4, 0.5) is 0 Å². The molecular formula is C13H21NO. The van der Waals surface area contributed by atoms with E-state index in [1.54, 1.807) is 0 Å². The average Bonchev–Trinajstić information content (AvgIpc) is 2.22. The topological polar surface area (TPSA) is 32.3 Å². The van der Waals surface area contributed by atoms with E-state index in [2.05, 4.69) is 44.3 Å². The number of hydrogen-bond donors (Lipinski definition) is 2.